The van der Waals surface area contributed by atoms with E-state index in [9.17, 15) is 0 Å². The minimum Gasteiger partial charge on any atom is -0.326 e. The molecule has 0 aliphatic carbocycles. The summed E-state index contributed by atoms with van der Waals surface area (Å²) in [4.78, 5) is 4.06. The Labute approximate surface area is 109 Å². The highest BCUT2D eigenvalue weighted by molar-refractivity contribution is 7.10. The van der Waals surface area contributed by atoms with Crippen LogP contribution in [0.1, 0.15) is 43.7 Å². The molecule has 0 radical (unpaired) electrons. The van der Waals surface area contributed by atoms with Crippen LogP contribution >= 0.6 is 11.3 Å². The Kier molecular flexibility index (Phi) is 3.91. The number of likely N-dealkylation sites (tertiary alicyclic amines) is 1. The van der Waals surface area contributed by atoms with Gasteiger partial charge in [-0.3, -0.25) is 4.90 Å². The van der Waals surface area contributed by atoms with Crippen LogP contribution in [0, 0.1) is 12.8 Å². The number of rotatable bonds is 3. The monoisotopic (exact) mass is 252 g/mol. The Hall–Kier alpha value is -0.380. The van der Waals surface area contributed by atoms with Crippen LogP contribution in [0.25, 0.3) is 0 Å². The van der Waals surface area contributed by atoms with Gasteiger partial charge in [0, 0.05) is 23.5 Å². The molecule has 0 amide bonds. The summed E-state index contributed by atoms with van der Waals surface area (Å²) in [5.41, 5.74) is 7.64. The number of hydrogen-bond donors (Lipinski definition) is 1. The van der Waals surface area contributed by atoms with E-state index in [-0.39, 0.29) is 6.04 Å². The Morgan fingerprint density at radius 3 is 2.59 bits per heavy atom. The molecule has 2 nitrogen and oxygen atoms in total. The van der Waals surface area contributed by atoms with Crippen molar-refractivity contribution in [3.8, 4) is 0 Å². The van der Waals surface area contributed by atoms with Crippen LogP contribution in [0.3, 0.4) is 0 Å². The molecule has 2 N–H and O–H groups in total. The highest BCUT2D eigenvalue weighted by Crippen LogP contribution is 2.37. The van der Waals surface area contributed by atoms with Gasteiger partial charge in [-0.1, -0.05) is 6.92 Å². The van der Waals surface area contributed by atoms with Crippen molar-refractivity contribution in [3.63, 3.8) is 0 Å². The van der Waals surface area contributed by atoms with E-state index < -0.39 is 0 Å². The van der Waals surface area contributed by atoms with E-state index in [1.807, 2.05) is 11.3 Å². The van der Waals surface area contributed by atoms with Gasteiger partial charge in [-0.05, 0) is 50.1 Å². The number of hydrogen-bond acceptors (Lipinski definition) is 3. The molecule has 1 saturated heterocycles. The number of nitrogens with two attached hydrogens (primary N) is 1. The molecule has 0 aromatic carbocycles. The van der Waals surface area contributed by atoms with E-state index in [0.29, 0.717) is 12.1 Å². The molecule has 2 rings (SSSR count). The van der Waals surface area contributed by atoms with Crippen molar-refractivity contribution < 1.29 is 0 Å². The normalized spacial score (nSPS) is 29.5. The maximum Gasteiger partial charge on any atom is 0.0595 e. The van der Waals surface area contributed by atoms with Gasteiger partial charge in [0.05, 0.1) is 6.04 Å². The number of nitrogens with zero attached hydrogens (tertiary/aromatic N) is 1. The summed E-state index contributed by atoms with van der Waals surface area (Å²) < 4.78 is 0. The lowest BCUT2D eigenvalue weighted by molar-refractivity contribution is 0.169. The predicted molar refractivity (Wildman–Crippen MR) is 75.4 cm³/mol. The zero-order valence-corrected chi connectivity index (χ0v) is 12.1. The van der Waals surface area contributed by atoms with Gasteiger partial charge in [0.2, 0.25) is 0 Å². The third-order valence-electron chi connectivity index (χ3n) is 3.86. The lowest BCUT2D eigenvalue weighted by Gasteiger charge is -2.34. The maximum atomic E-state index is 6.25. The highest BCUT2D eigenvalue weighted by atomic mass is 32.1. The van der Waals surface area contributed by atoms with Gasteiger partial charge in [-0.2, -0.15) is 0 Å². The van der Waals surface area contributed by atoms with E-state index in [4.69, 9.17) is 5.73 Å². The van der Waals surface area contributed by atoms with Crippen molar-refractivity contribution >= 4 is 11.3 Å². The molecule has 3 heteroatoms. The van der Waals surface area contributed by atoms with Crippen molar-refractivity contribution in [2.45, 2.75) is 52.2 Å². The Morgan fingerprint density at radius 2 is 2.18 bits per heavy atom. The van der Waals surface area contributed by atoms with Gasteiger partial charge in [-0.15, -0.1) is 11.3 Å². The van der Waals surface area contributed by atoms with E-state index in [2.05, 4.69) is 44.0 Å². The first kappa shape index (κ1) is 13.1. The molecule has 1 aliphatic rings. The summed E-state index contributed by atoms with van der Waals surface area (Å²) >= 11 is 1.85. The van der Waals surface area contributed by atoms with Crippen LogP contribution in [0.4, 0.5) is 0 Å². The van der Waals surface area contributed by atoms with Crippen molar-refractivity contribution in [1.82, 2.24) is 4.90 Å². The summed E-state index contributed by atoms with van der Waals surface area (Å²) in [6.45, 7) is 10.2. The molecule has 1 aromatic heterocycles. The summed E-state index contributed by atoms with van der Waals surface area (Å²) in [6.07, 6.45) is 1.30. The second-order valence-electron chi connectivity index (χ2n) is 5.66. The minimum atomic E-state index is 0.195. The summed E-state index contributed by atoms with van der Waals surface area (Å²) in [5, 5.41) is 2.18. The third-order valence-corrected chi connectivity index (χ3v) is 4.95. The summed E-state index contributed by atoms with van der Waals surface area (Å²) in [6, 6.07) is 3.46. The van der Waals surface area contributed by atoms with Crippen LogP contribution in [0.2, 0.25) is 0 Å². The van der Waals surface area contributed by atoms with E-state index >= 15 is 0 Å². The van der Waals surface area contributed by atoms with E-state index in [1.165, 1.54) is 23.4 Å². The third kappa shape index (κ3) is 2.56. The second-order valence-corrected chi connectivity index (χ2v) is 6.61. The first-order valence-electron chi connectivity index (χ1n) is 6.56. The molecule has 1 fully saturated rings. The fourth-order valence-corrected chi connectivity index (χ4v) is 4.26. The van der Waals surface area contributed by atoms with Crippen LogP contribution in [0.5, 0.6) is 0 Å². The van der Waals surface area contributed by atoms with Crippen LogP contribution < -0.4 is 5.73 Å². The van der Waals surface area contributed by atoms with Crippen LogP contribution in [-0.4, -0.2) is 23.5 Å². The van der Waals surface area contributed by atoms with Gasteiger partial charge >= 0.3 is 0 Å². The fraction of sp³-hybridized carbons (Fsp3) is 0.714. The van der Waals surface area contributed by atoms with Gasteiger partial charge < -0.3 is 5.73 Å². The first-order valence-corrected chi connectivity index (χ1v) is 7.44. The largest absolute Gasteiger partial charge is 0.326 e. The zero-order chi connectivity index (χ0) is 12.6. The van der Waals surface area contributed by atoms with Crippen molar-refractivity contribution in [1.29, 1.82) is 0 Å². The quantitative estimate of drug-likeness (QED) is 0.895. The molecule has 0 bridgehead atoms. The SMILES string of the molecule is Cc1ccsc1C(C(C)N)N1CC(C)CC1C. The molecule has 96 valence electrons. The van der Waals surface area contributed by atoms with Crippen LogP contribution in [-0.2, 0) is 0 Å². The standard InChI is InChI=1S/C14H24N2S/c1-9-7-11(3)16(8-9)13(12(4)15)14-10(2)5-6-17-14/h5-6,9,11-13H,7-8,15H2,1-4H3. The van der Waals surface area contributed by atoms with Crippen molar-refractivity contribution in [2.75, 3.05) is 6.54 Å². The highest BCUT2D eigenvalue weighted by Gasteiger charge is 2.35. The fourth-order valence-electron chi connectivity index (χ4n) is 3.10. The summed E-state index contributed by atoms with van der Waals surface area (Å²) in [7, 11) is 0. The molecule has 17 heavy (non-hydrogen) atoms. The van der Waals surface area contributed by atoms with E-state index in [1.54, 1.807) is 0 Å². The minimum absolute atomic E-state index is 0.195. The molecular weight excluding hydrogens is 228 g/mol. The second kappa shape index (κ2) is 5.09. The van der Waals surface area contributed by atoms with E-state index in [0.717, 1.165) is 5.92 Å². The number of thiophene rings is 1. The average molecular weight is 252 g/mol. The molecule has 1 aliphatic heterocycles. The smallest absolute Gasteiger partial charge is 0.0595 e. The lowest BCUT2D eigenvalue weighted by Crippen LogP contribution is -2.41. The zero-order valence-electron chi connectivity index (χ0n) is 11.3. The molecule has 1 aromatic rings. The Morgan fingerprint density at radius 1 is 1.47 bits per heavy atom. The molecule has 0 spiro atoms. The van der Waals surface area contributed by atoms with Crippen LogP contribution in [0.15, 0.2) is 11.4 Å². The molecular formula is C14H24N2S. The van der Waals surface area contributed by atoms with Crippen molar-refractivity contribution in [3.05, 3.63) is 21.9 Å². The Balaban J connectivity index is 2.27. The molecule has 0 saturated carbocycles. The maximum absolute atomic E-state index is 6.25. The average Bonchev–Trinajstić information content (AvgIpc) is 2.75. The molecule has 2 heterocycles. The first-order chi connectivity index (χ1) is 8.00. The van der Waals surface area contributed by atoms with Gasteiger partial charge in [0.15, 0.2) is 0 Å². The molecule has 4 unspecified atom stereocenters. The van der Waals surface area contributed by atoms with Gasteiger partial charge in [0.1, 0.15) is 0 Å². The lowest BCUT2D eigenvalue weighted by atomic mass is 10.0. The van der Waals surface area contributed by atoms with Gasteiger partial charge in [-0.25, -0.2) is 0 Å². The topological polar surface area (TPSA) is 29.3 Å². The Bertz CT molecular complexity index is 372. The summed E-state index contributed by atoms with van der Waals surface area (Å²) in [5.74, 6) is 0.798. The predicted octanol–water partition coefficient (Wildman–Crippen LogP) is 3.18. The van der Waals surface area contributed by atoms with Crippen molar-refractivity contribution in [2.24, 2.45) is 11.7 Å². The van der Waals surface area contributed by atoms with Gasteiger partial charge in [0.25, 0.3) is 0 Å². The molecule has 4 atom stereocenters. The number of aryl methyl sites for hydroxylation is 1.